The van der Waals surface area contributed by atoms with E-state index in [2.05, 4.69) is 4.72 Å². The number of hydrogen-bond acceptors (Lipinski definition) is 3. The van der Waals surface area contributed by atoms with E-state index in [1.807, 2.05) is 13.0 Å². The molecule has 1 aromatic carbocycles. The first-order valence-corrected chi connectivity index (χ1v) is 9.90. The summed E-state index contributed by atoms with van der Waals surface area (Å²) in [6.45, 7) is 1.86. The van der Waals surface area contributed by atoms with E-state index in [1.54, 1.807) is 12.1 Å². The van der Waals surface area contributed by atoms with Crippen LogP contribution in [0.5, 0.6) is 0 Å². The summed E-state index contributed by atoms with van der Waals surface area (Å²) in [7, 11) is -4.31. The van der Waals surface area contributed by atoms with Crippen LogP contribution < -0.4 is 4.72 Å². The molecule has 5 nitrogen and oxygen atoms in total. The number of aliphatic hydroxyl groups is 1. The third kappa shape index (κ3) is 2.55. The van der Waals surface area contributed by atoms with Gasteiger partial charge in [0, 0.05) is 2.74 Å². The zero-order chi connectivity index (χ0) is 19.8. The van der Waals surface area contributed by atoms with Crippen LogP contribution in [0.1, 0.15) is 60.1 Å². The van der Waals surface area contributed by atoms with Crippen molar-refractivity contribution in [3.05, 3.63) is 29.3 Å². The summed E-state index contributed by atoms with van der Waals surface area (Å²) in [5, 5.41) is 10.7. The van der Waals surface area contributed by atoms with Gasteiger partial charge >= 0.3 is 10.3 Å². The Kier molecular flexibility index (Phi) is 2.98. The molecule has 2 saturated carbocycles. The van der Waals surface area contributed by atoms with Gasteiger partial charge in [0.15, 0.2) is 0 Å². The second kappa shape index (κ2) is 5.44. The Balaban J connectivity index is 1.67. The maximum absolute atomic E-state index is 11.0. The first-order chi connectivity index (χ1) is 12.4. The molecule has 3 aliphatic rings. The van der Waals surface area contributed by atoms with E-state index in [9.17, 15) is 13.5 Å². The van der Waals surface area contributed by atoms with Crippen LogP contribution in [-0.4, -0.2) is 24.2 Å². The van der Waals surface area contributed by atoms with Gasteiger partial charge in [0.1, 0.15) is 0 Å². The molecule has 2 fully saturated rings. The summed E-state index contributed by atoms with van der Waals surface area (Å²) in [5.74, 6) is 0.361. The lowest BCUT2D eigenvalue weighted by molar-refractivity contribution is -0.0226. The highest BCUT2D eigenvalue weighted by Crippen LogP contribution is 2.60. The summed E-state index contributed by atoms with van der Waals surface area (Å²) < 4.78 is 57.9. The zero-order valence-electron chi connectivity index (χ0n) is 16.6. The molecule has 132 valence electrons. The summed E-state index contributed by atoms with van der Waals surface area (Å²) in [5.41, 5.74) is 1.74. The molecule has 0 spiro atoms. The fraction of sp³-hybridized carbons (Fsp3) is 0.667. The summed E-state index contributed by atoms with van der Waals surface area (Å²) in [4.78, 5) is 0. The molecule has 24 heavy (non-hydrogen) atoms. The summed E-state index contributed by atoms with van der Waals surface area (Å²) >= 11 is 0. The van der Waals surface area contributed by atoms with Gasteiger partial charge in [0.25, 0.3) is 0 Å². The Labute approximate surface area is 147 Å². The van der Waals surface area contributed by atoms with Crippen molar-refractivity contribution in [3.8, 4) is 0 Å². The van der Waals surface area contributed by atoms with Crippen LogP contribution in [0.25, 0.3) is 0 Å². The second-order valence-electron chi connectivity index (χ2n) is 7.59. The molecule has 0 aromatic heterocycles. The summed E-state index contributed by atoms with van der Waals surface area (Å²) in [6.07, 6.45) is -0.912. The van der Waals surface area contributed by atoms with Crippen molar-refractivity contribution in [2.75, 3.05) is 4.72 Å². The summed E-state index contributed by atoms with van der Waals surface area (Å²) in [6, 6.07) is 5.28. The van der Waals surface area contributed by atoms with Crippen LogP contribution in [0, 0.1) is 17.3 Å². The highest BCUT2D eigenvalue weighted by Gasteiger charge is 2.54. The molecule has 4 rings (SSSR count). The Morgan fingerprint density at radius 2 is 2.17 bits per heavy atom. The van der Waals surface area contributed by atoms with Gasteiger partial charge in [-0.15, -0.1) is 0 Å². The number of benzene rings is 1. The van der Waals surface area contributed by atoms with E-state index in [0.29, 0.717) is 12.1 Å². The topological polar surface area (TPSA) is 86.6 Å². The van der Waals surface area contributed by atoms with Gasteiger partial charge < -0.3 is 5.11 Å². The molecule has 3 aliphatic carbocycles. The molecule has 0 bridgehead atoms. The van der Waals surface area contributed by atoms with Crippen molar-refractivity contribution < 1.29 is 22.2 Å². The second-order valence-corrected chi connectivity index (χ2v) is 8.75. The van der Waals surface area contributed by atoms with Crippen LogP contribution >= 0.6 is 0 Å². The minimum atomic E-state index is -4.31. The van der Waals surface area contributed by atoms with Crippen LogP contribution in [0.3, 0.4) is 0 Å². The van der Waals surface area contributed by atoms with E-state index in [0.717, 1.165) is 30.4 Å². The number of anilines is 1. The minimum absolute atomic E-state index is 0.0579. The normalized spacial score (nSPS) is 45.1. The van der Waals surface area contributed by atoms with E-state index in [4.69, 9.17) is 8.67 Å². The van der Waals surface area contributed by atoms with Crippen molar-refractivity contribution >= 4 is 16.0 Å². The molecule has 6 heteroatoms. The smallest absolute Gasteiger partial charge is 0.357 e. The van der Waals surface area contributed by atoms with Gasteiger partial charge in [-0.3, -0.25) is 9.27 Å². The first kappa shape index (κ1) is 13.1. The van der Waals surface area contributed by atoms with Gasteiger partial charge in [-0.2, -0.15) is 8.42 Å². The predicted molar refractivity (Wildman–Crippen MR) is 92.2 cm³/mol. The van der Waals surface area contributed by atoms with Crippen LogP contribution in [0.15, 0.2) is 18.2 Å². The van der Waals surface area contributed by atoms with Gasteiger partial charge in [0.05, 0.1) is 13.1 Å². The predicted octanol–water partition coefficient (Wildman–Crippen LogP) is 3.12. The molecule has 0 aliphatic heterocycles. The maximum atomic E-state index is 11.0. The molecule has 0 radical (unpaired) electrons. The largest absolute Gasteiger partial charge is 0.393 e. The molecule has 0 unspecified atom stereocenters. The SMILES string of the molecule is [2H]C1([2H])C[C@H]2[C@@H]3CCc4cc(NS(=O)(=O)O)ccc4[C@H]3CC[C@]2(C)[C@@]1([2H])O. The quantitative estimate of drug-likeness (QED) is 0.712. The van der Waals surface area contributed by atoms with Gasteiger partial charge in [-0.05, 0) is 84.9 Å². The van der Waals surface area contributed by atoms with E-state index < -0.39 is 28.2 Å². The van der Waals surface area contributed by atoms with Gasteiger partial charge in [-0.25, -0.2) is 0 Å². The highest BCUT2D eigenvalue weighted by molar-refractivity contribution is 7.87. The molecular weight excluding hydrogens is 326 g/mol. The number of hydrogen-bond donors (Lipinski definition) is 3. The third-order valence-electron chi connectivity index (χ3n) is 6.39. The number of rotatable bonds is 2. The molecule has 0 amide bonds. The molecule has 0 heterocycles. The van der Waals surface area contributed by atoms with Crippen molar-refractivity contribution in [3.63, 3.8) is 0 Å². The van der Waals surface area contributed by atoms with Crippen molar-refractivity contribution in [1.29, 1.82) is 0 Å². The molecule has 5 atom stereocenters. The van der Waals surface area contributed by atoms with Crippen molar-refractivity contribution in [1.82, 2.24) is 0 Å². The Morgan fingerprint density at radius 1 is 1.38 bits per heavy atom. The lowest BCUT2D eigenvalue weighted by Gasteiger charge is -2.50. The average molecular weight is 354 g/mol. The van der Waals surface area contributed by atoms with Crippen molar-refractivity contribution in [2.45, 2.75) is 57.4 Å². The Bertz CT molecular complexity index is 889. The van der Waals surface area contributed by atoms with Crippen LogP contribution in [0.2, 0.25) is 0 Å². The molecular formula is C18H25NO4S. The van der Waals surface area contributed by atoms with Crippen molar-refractivity contribution in [2.24, 2.45) is 17.3 Å². The standard InChI is InChI=1S/C18H25NO4S/c1-18-9-8-14-13-5-3-12(19-24(21,22)23)10-11(13)2-4-15(14)16(18)6-7-17(18)20/h3,5,10,14-17,19-20H,2,4,6-9H2,1H3,(H,21,22,23)/t14-,15-,16+,17+,18+/m1/s1/i7D2,17D. The minimum Gasteiger partial charge on any atom is -0.393 e. The maximum Gasteiger partial charge on any atom is 0.357 e. The zero-order valence-corrected chi connectivity index (χ0v) is 14.4. The molecule has 1 aromatic rings. The monoisotopic (exact) mass is 354 g/mol. The van der Waals surface area contributed by atoms with E-state index in [1.165, 1.54) is 0 Å². The number of aryl methyl sites for hydroxylation is 1. The number of fused-ring (bicyclic) bond motifs is 5. The first-order valence-electron chi connectivity index (χ1n) is 9.96. The van der Waals surface area contributed by atoms with E-state index in [-0.39, 0.29) is 24.2 Å². The highest BCUT2D eigenvalue weighted by atomic mass is 32.2. The molecule has 3 N–H and O–H groups in total. The lowest BCUT2D eigenvalue weighted by Crippen LogP contribution is -2.43. The molecule has 0 saturated heterocycles. The van der Waals surface area contributed by atoms with Gasteiger partial charge in [-0.1, -0.05) is 13.0 Å². The fourth-order valence-corrected chi connectivity index (χ4v) is 5.62. The Hall–Kier alpha value is -1.11. The van der Waals surface area contributed by atoms with Crippen LogP contribution in [-0.2, 0) is 16.7 Å². The number of nitrogens with one attached hydrogen (secondary N) is 1. The lowest BCUT2D eigenvalue weighted by atomic mass is 9.55. The Morgan fingerprint density at radius 3 is 2.92 bits per heavy atom. The van der Waals surface area contributed by atoms with Crippen LogP contribution in [0.4, 0.5) is 5.69 Å². The van der Waals surface area contributed by atoms with Gasteiger partial charge in [0.2, 0.25) is 0 Å². The fourth-order valence-electron chi connectivity index (χ4n) is 5.19. The van der Waals surface area contributed by atoms with E-state index >= 15 is 0 Å². The third-order valence-corrected chi connectivity index (χ3v) is 6.89. The average Bonchev–Trinajstić information content (AvgIpc) is 2.69.